The van der Waals surface area contributed by atoms with Gasteiger partial charge in [-0.15, -0.1) is 0 Å². The molecule has 0 fully saturated rings. The van der Waals surface area contributed by atoms with Crippen LogP contribution in [-0.4, -0.2) is 48.8 Å². The summed E-state index contributed by atoms with van der Waals surface area (Å²) in [6.45, 7) is 11.1. The molecule has 2 amide bonds. The number of pyridine rings is 1. The van der Waals surface area contributed by atoms with Gasteiger partial charge in [-0.25, -0.2) is 9.78 Å². The molecule has 0 aliphatic rings. The lowest BCUT2D eigenvalue weighted by molar-refractivity contribution is -0.137. The number of amides is 2. The number of methoxy groups -OCH3 is 1. The van der Waals surface area contributed by atoms with Gasteiger partial charge in [0.1, 0.15) is 28.7 Å². The van der Waals surface area contributed by atoms with E-state index in [2.05, 4.69) is 20.9 Å². The Labute approximate surface area is 243 Å². The van der Waals surface area contributed by atoms with Crippen LogP contribution in [0, 0.1) is 13.8 Å². The molecule has 12 heteroatoms. The van der Waals surface area contributed by atoms with Gasteiger partial charge in [-0.05, 0) is 77.8 Å². The number of aryl methyl sites for hydroxylation is 2. The fourth-order valence-electron chi connectivity index (χ4n) is 4.17. The summed E-state index contributed by atoms with van der Waals surface area (Å²) in [5.74, 6) is 0.400. The first-order valence-electron chi connectivity index (χ1n) is 13.4. The Bertz CT molecular complexity index is 1440. The summed E-state index contributed by atoms with van der Waals surface area (Å²) >= 11 is 0. The number of halogens is 3. The van der Waals surface area contributed by atoms with Crippen LogP contribution in [0.15, 0.2) is 36.4 Å². The number of carbonyl (C=O) groups is 2. The molecule has 42 heavy (non-hydrogen) atoms. The van der Waals surface area contributed by atoms with Gasteiger partial charge in [-0.3, -0.25) is 4.79 Å². The monoisotopic (exact) mass is 590 g/mol. The maximum Gasteiger partial charge on any atom is 0.416 e. The molecule has 0 saturated heterocycles. The van der Waals surface area contributed by atoms with Crippen molar-refractivity contribution in [2.75, 3.05) is 25.5 Å². The van der Waals surface area contributed by atoms with E-state index < -0.39 is 29.5 Å². The Kier molecular flexibility index (Phi) is 10.1. The van der Waals surface area contributed by atoms with Gasteiger partial charge >= 0.3 is 12.3 Å². The number of alkyl carbamates (subject to hydrolysis) is 1. The zero-order chi connectivity index (χ0) is 31.2. The summed E-state index contributed by atoms with van der Waals surface area (Å²) in [6, 6.07) is 7.39. The molecule has 9 nitrogen and oxygen atoms in total. The summed E-state index contributed by atoms with van der Waals surface area (Å²) in [5, 5.41) is 9.09. The van der Waals surface area contributed by atoms with Crippen molar-refractivity contribution in [1.29, 1.82) is 0 Å². The largest absolute Gasteiger partial charge is 0.494 e. The number of fused-ring (bicyclic) bond motifs is 1. The molecule has 0 bridgehead atoms. The maximum absolute atomic E-state index is 13.4. The lowest BCUT2D eigenvalue weighted by Crippen LogP contribution is -2.46. The number of hydrogen-bond donors (Lipinski definition) is 3. The van der Waals surface area contributed by atoms with Crippen LogP contribution in [0.2, 0.25) is 0 Å². The van der Waals surface area contributed by atoms with Crippen molar-refractivity contribution in [3.63, 3.8) is 0 Å². The molecule has 3 N–H and O–H groups in total. The Morgan fingerprint density at radius 1 is 1.05 bits per heavy atom. The molecule has 0 saturated carbocycles. The fourth-order valence-corrected chi connectivity index (χ4v) is 4.17. The highest BCUT2D eigenvalue weighted by molar-refractivity contribution is 5.98. The molecular weight excluding hydrogens is 553 g/mol. The number of nitrogens with zero attached hydrogens (tertiary/aromatic N) is 1. The van der Waals surface area contributed by atoms with Gasteiger partial charge in [-0.1, -0.05) is 6.07 Å². The Morgan fingerprint density at radius 2 is 1.76 bits per heavy atom. The van der Waals surface area contributed by atoms with Crippen LogP contribution in [0.3, 0.4) is 0 Å². The average molecular weight is 591 g/mol. The third-order valence-corrected chi connectivity index (χ3v) is 6.02. The molecule has 1 aromatic heterocycles. The average Bonchev–Trinajstić information content (AvgIpc) is 2.87. The van der Waals surface area contributed by atoms with Crippen molar-refractivity contribution < 1.29 is 37.0 Å². The smallest absolute Gasteiger partial charge is 0.416 e. The van der Waals surface area contributed by atoms with E-state index >= 15 is 0 Å². The van der Waals surface area contributed by atoms with Crippen molar-refractivity contribution in [2.45, 2.75) is 65.8 Å². The molecule has 0 aliphatic heterocycles. The van der Waals surface area contributed by atoms with E-state index in [-0.39, 0.29) is 11.7 Å². The van der Waals surface area contributed by atoms with Gasteiger partial charge in [0.15, 0.2) is 5.75 Å². The van der Waals surface area contributed by atoms with E-state index in [4.69, 9.17) is 14.2 Å². The number of hydrogen-bond acceptors (Lipinski definition) is 7. The second kappa shape index (κ2) is 13.2. The first-order chi connectivity index (χ1) is 19.6. The molecule has 2 aromatic carbocycles. The summed E-state index contributed by atoms with van der Waals surface area (Å²) in [6.07, 6.45) is -4.73. The molecular formula is C30H37F3N4O5. The summed E-state index contributed by atoms with van der Waals surface area (Å²) in [5.41, 5.74) is 1.03. The lowest BCUT2D eigenvalue weighted by Gasteiger charge is -2.21. The minimum atomic E-state index is -4.53. The highest BCUT2D eigenvalue weighted by Crippen LogP contribution is 2.44. The van der Waals surface area contributed by atoms with Gasteiger partial charge in [0.25, 0.3) is 0 Å². The van der Waals surface area contributed by atoms with Crippen molar-refractivity contribution in [3.05, 3.63) is 53.2 Å². The predicted molar refractivity (Wildman–Crippen MR) is 154 cm³/mol. The number of carbonyl (C=O) groups excluding carboxylic acids is 2. The van der Waals surface area contributed by atoms with Crippen LogP contribution in [-0.2, 0) is 15.7 Å². The third-order valence-electron chi connectivity index (χ3n) is 6.02. The Hall–Kier alpha value is -4.22. The minimum absolute atomic E-state index is 0.0121. The number of ether oxygens (including phenoxy) is 3. The SMILES string of the molecule is COc1cc(NCCCNC(=O)[C@H](C)NC(=O)OC(C)(C)C)c(Oc2cccc(C(F)(F)F)c2)c2c(C)cc(C)nc12. The highest BCUT2D eigenvalue weighted by atomic mass is 19.4. The first-order valence-corrected chi connectivity index (χ1v) is 13.4. The fraction of sp³-hybridized carbons (Fsp3) is 0.433. The molecule has 3 aromatic rings. The summed E-state index contributed by atoms with van der Waals surface area (Å²) in [4.78, 5) is 28.9. The number of aromatic nitrogens is 1. The van der Waals surface area contributed by atoms with Crippen LogP contribution in [0.4, 0.5) is 23.7 Å². The molecule has 228 valence electrons. The molecule has 0 radical (unpaired) electrons. The normalized spacial score (nSPS) is 12.4. The van der Waals surface area contributed by atoms with E-state index in [0.29, 0.717) is 47.6 Å². The minimum Gasteiger partial charge on any atom is -0.494 e. The number of benzene rings is 2. The zero-order valence-electron chi connectivity index (χ0n) is 24.8. The van der Waals surface area contributed by atoms with Crippen LogP contribution in [0.25, 0.3) is 10.9 Å². The molecule has 1 atom stereocenters. The van der Waals surface area contributed by atoms with E-state index in [1.54, 1.807) is 33.8 Å². The van der Waals surface area contributed by atoms with Crippen LogP contribution in [0.1, 0.15) is 50.9 Å². The van der Waals surface area contributed by atoms with Crippen LogP contribution >= 0.6 is 0 Å². The number of nitrogens with one attached hydrogen (secondary N) is 3. The lowest BCUT2D eigenvalue weighted by atomic mass is 10.1. The standard InChI is InChI=1S/C30H37F3N4O5/c1-17-14-18(2)36-25-23(40-7)16-22(26(24(17)25)41-21-11-8-10-20(15-21)30(31,32)33)34-12-9-13-35-27(38)19(3)37-28(39)42-29(4,5)6/h8,10-11,14-16,19,34H,9,12-13H2,1-7H3,(H,35,38)(H,37,39)/t19-/m0/s1. The number of anilines is 1. The molecule has 0 spiro atoms. The summed E-state index contributed by atoms with van der Waals surface area (Å²) < 4.78 is 57.0. The van der Waals surface area contributed by atoms with Crippen molar-refractivity contribution >= 4 is 28.6 Å². The second-order valence-corrected chi connectivity index (χ2v) is 10.8. The van der Waals surface area contributed by atoms with Gasteiger partial charge in [-0.2, -0.15) is 13.2 Å². The quantitative estimate of drug-likeness (QED) is 0.231. The van der Waals surface area contributed by atoms with E-state index in [1.165, 1.54) is 19.2 Å². The Balaban J connectivity index is 1.78. The molecule has 3 rings (SSSR count). The van der Waals surface area contributed by atoms with Gasteiger partial charge in [0, 0.05) is 24.8 Å². The first kappa shape index (κ1) is 32.3. The summed E-state index contributed by atoms with van der Waals surface area (Å²) in [7, 11) is 1.51. The van der Waals surface area contributed by atoms with E-state index in [1.807, 2.05) is 19.9 Å². The topological polar surface area (TPSA) is 111 Å². The number of rotatable bonds is 10. The van der Waals surface area contributed by atoms with Crippen molar-refractivity contribution in [2.24, 2.45) is 0 Å². The second-order valence-electron chi connectivity index (χ2n) is 10.8. The van der Waals surface area contributed by atoms with E-state index in [0.717, 1.165) is 23.4 Å². The van der Waals surface area contributed by atoms with Gasteiger partial charge in [0.05, 0.1) is 23.7 Å². The maximum atomic E-state index is 13.4. The highest BCUT2D eigenvalue weighted by Gasteiger charge is 2.31. The Morgan fingerprint density at radius 3 is 2.40 bits per heavy atom. The zero-order valence-corrected chi connectivity index (χ0v) is 24.8. The molecule has 1 heterocycles. The predicted octanol–water partition coefficient (Wildman–Crippen LogP) is 6.50. The van der Waals surface area contributed by atoms with Crippen molar-refractivity contribution in [1.82, 2.24) is 15.6 Å². The van der Waals surface area contributed by atoms with Crippen molar-refractivity contribution in [3.8, 4) is 17.2 Å². The molecule has 0 aliphatic carbocycles. The van der Waals surface area contributed by atoms with Gasteiger partial charge in [0.2, 0.25) is 5.91 Å². The van der Waals surface area contributed by atoms with Crippen LogP contribution < -0.4 is 25.4 Å². The van der Waals surface area contributed by atoms with Gasteiger partial charge < -0.3 is 30.2 Å². The molecule has 0 unspecified atom stereocenters. The number of alkyl halides is 3. The van der Waals surface area contributed by atoms with E-state index in [9.17, 15) is 22.8 Å². The van der Waals surface area contributed by atoms with Crippen LogP contribution in [0.5, 0.6) is 17.2 Å². The third kappa shape index (κ3) is 8.64.